The highest BCUT2D eigenvalue weighted by atomic mass is 16.5. The van der Waals surface area contributed by atoms with Crippen LogP contribution < -0.4 is 25.8 Å². The van der Waals surface area contributed by atoms with Gasteiger partial charge < -0.3 is 36.1 Å². The zero-order valence-electron chi connectivity index (χ0n) is 22.4. The molecule has 0 aliphatic carbocycles. The Morgan fingerprint density at radius 3 is 2.54 bits per heavy atom. The number of aryl methyl sites for hydroxylation is 1. The minimum atomic E-state index is -0.0378. The SMILES string of the molecule is CN=C(N)Nc1cc(C[C@H](C=CC(=O)CCc2ccc(O)c(OC)c2)C(C)C)cc(OCCNC)c1O. The number of likely N-dealkylation sites (N-methyl/N-ethyl adjacent to an activating group) is 1. The van der Waals surface area contributed by atoms with Crippen molar-refractivity contribution in [3.63, 3.8) is 0 Å². The number of carbonyl (C=O) groups excluding carboxylic acids is 1. The molecule has 0 heterocycles. The molecule has 0 aromatic heterocycles. The van der Waals surface area contributed by atoms with E-state index in [1.54, 1.807) is 31.3 Å². The Labute approximate surface area is 219 Å². The summed E-state index contributed by atoms with van der Waals surface area (Å²) in [5, 5.41) is 26.3. The third-order valence-corrected chi connectivity index (χ3v) is 6.01. The van der Waals surface area contributed by atoms with Crippen LogP contribution in [0, 0.1) is 11.8 Å². The fourth-order valence-electron chi connectivity index (χ4n) is 3.70. The van der Waals surface area contributed by atoms with E-state index in [1.807, 2.05) is 25.3 Å². The standard InChI is InChI=1S/C28H40N4O5/c1-18(2)21(8-10-22(33)9-6-19-7-11-24(34)25(16-19)36-5)14-20-15-23(32-28(29)31-4)27(35)26(17-20)37-13-12-30-3/h7-8,10-11,15-18,21,30,34-35H,6,9,12-14H2,1-5H3,(H3,29,31,32)/t21-/m0/s1. The average Bonchev–Trinajstić information content (AvgIpc) is 2.88. The Morgan fingerprint density at radius 1 is 1.16 bits per heavy atom. The molecule has 0 fully saturated rings. The predicted octanol–water partition coefficient (Wildman–Crippen LogP) is 3.63. The van der Waals surface area contributed by atoms with Crippen LogP contribution in [0.4, 0.5) is 5.69 Å². The summed E-state index contributed by atoms with van der Waals surface area (Å²) in [6.07, 6.45) is 5.13. The largest absolute Gasteiger partial charge is 0.504 e. The molecule has 6 N–H and O–H groups in total. The topological polar surface area (TPSA) is 138 Å². The number of carbonyl (C=O) groups is 1. The van der Waals surface area contributed by atoms with E-state index in [4.69, 9.17) is 15.2 Å². The number of ketones is 1. The lowest BCUT2D eigenvalue weighted by Gasteiger charge is -2.20. The maximum atomic E-state index is 12.6. The Morgan fingerprint density at radius 2 is 1.89 bits per heavy atom. The molecule has 2 rings (SSSR count). The van der Waals surface area contributed by atoms with Gasteiger partial charge in [0, 0.05) is 20.0 Å². The number of aromatic hydroxyl groups is 2. The number of nitrogens with zero attached hydrogens (tertiary/aromatic N) is 1. The van der Waals surface area contributed by atoms with E-state index in [2.05, 4.69) is 29.5 Å². The summed E-state index contributed by atoms with van der Waals surface area (Å²) in [7, 11) is 4.88. The molecule has 0 amide bonds. The van der Waals surface area contributed by atoms with Crippen LogP contribution in [0.2, 0.25) is 0 Å². The van der Waals surface area contributed by atoms with Gasteiger partial charge in [-0.1, -0.05) is 26.0 Å². The van der Waals surface area contributed by atoms with Crippen molar-refractivity contribution in [1.82, 2.24) is 5.32 Å². The van der Waals surface area contributed by atoms with Gasteiger partial charge in [-0.25, -0.2) is 0 Å². The van der Waals surface area contributed by atoms with E-state index in [-0.39, 0.29) is 35.1 Å². The lowest BCUT2D eigenvalue weighted by Crippen LogP contribution is -2.22. The Balaban J connectivity index is 2.15. The van der Waals surface area contributed by atoms with Crippen LogP contribution >= 0.6 is 0 Å². The second-order valence-electron chi connectivity index (χ2n) is 9.12. The molecule has 0 radical (unpaired) electrons. The first-order valence-corrected chi connectivity index (χ1v) is 12.4. The first-order valence-electron chi connectivity index (χ1n) is 12.4. The van der Waals surface area contributed by atoms with Crippen LogP contribution in [0.3, 0.4) is 0 Å². The lowest BCUT2D eigenvalue weighted by atomic mass is 9.88. The molecule has 0 aliphatic rings. The maximum absolute atomic E-state index is 12.6. The Kier molecular flexibility index (Phi) is 11.8. The number of ether oxygens (including phenoxy) is 2. The van der Waals surface area contributed by atoms with Gasteiger partial charge in [0.05, 0.1) is 12.8 Å². The molecule has 37 heavy (non-hydrogen) atoms. The first kappa shape index (κ1) is 29.5. The number of hydrogen-bond donors (Lipinski definition) is 5. The van der Waals surface area contributed by atoms with Gasteiger partial charge in [-0.05, 0) is 73.2 Å². The van der Waals surface area contributed by atoms with Gasteiger partial charge in [-0.15, -0.1) is 0 Å². The smallest absolute Gasteiger partial charge is 0.192 e. The van der Waals surface area contributed by atoms with E-state index in [1.165, 1.54) is 7.11 Å². The van der Waals surface area contributed by atoms with Crippen molar-refractivity contribution in [1.29, 1.82) is 0 Å². The van der Waals surface area contributed by atoms with Crippen molar-refractivity contribution in [2.45, 2.75) is 33.1 Å². The second kappa shape index (κ2) is 14.7. The number of phenolic OH excluding ortho intramolecular Hbond substituents is 2. The molecule has 9 heteroatoms. The second-order valence-corrected chi connectivity index (χ2v) is 9.12. The van der Waals surface area contributed by atoms with Crippen LogP contribution in [0.25, 0.3) is 0 Å². The molecule has 2 aromatic carbocycles. The number of anilines is 1. The minimum absolute atomic E-state index is 0.0220. The summed E-state index contributed by atoms with van der Waals surface area (Å²) < 4.78 is 10.9. The molecule has 1 atom stereocenters. The molecular formula is C28H40N4O5. The number of hydrogen-bond acceptors (Lipinski definition) is 7. The molecule has 0 aliphatic heterocycles. The first-order chi connectivity index (χ1) is 17.7. The molecule has 2 aromatic rings. The average molecular weight is 513 g/mol. The number of methoxy groups -OCH3 is 1. The highest BCUT2D eigenvalue weighted by Crippen LogP contribution is 2.37. The van der Waals surface area contributed by atoms with Gasteiger partial charge in [-0.2, -0.15) is 0 Å². The summed E-state index contributed by atoms with van der Waals surface area (Å²) in [5.74, 6) is 1.33. The van der Waals surface area contributed by atoms with E-state index in [0.717, 1.165) is 11.1 Å². The van der Waals surface area contributed by atoms with Crippen LogP contribution in [-0.4, -0.2) is 56.3 Å². The summed E-state index contributed by atoms with van der Waals surface area (Å²) in [4.78, 5) is 16.5. The predicted molar refractivity (Wildman–Crippen MR) is 148 cm³/mol. The number of aliphatic imine (C=N–C) groups is 1. The lowest BCUT2D eigenvalue weighted by molar-refractivity contribution is -0.114. The summed E-state index contributed by atoms with van der Waals surface area (Å²) >= 11 is 0. The minimum Gasteiger partial charge on any atom is -0.504 e. The number of allylic oxidation sites excluding steroid dienone is 2. The molecule has 202 valence electrons. The fourth-order valence-corrected chi connectivity index (χ4v) is 3.70. The van der Waals surface area contributed by atoms with Gasteiger partial charge in [0.15, 0.2) is 34.7 Å². The number of nitrogens with two attached hydrogens (primary N) is 1. The van der Waals surface area contributed by atoms with Crippen LogP contribution in [0.5, 0.6) is 23.0 Å². The highest BCUT2D eigenvalue weighted by Gasteiger charge is 2.17. The van der Waals surface area contributed by atoms with Crippen molar-refractivity contribution < 1.29 is 24.5 Å². The third kappa shape index (κ3) is 9.34. The van der Waals surface area contributed by atoms with Crippen molar-refractivity contribution in [2.24, 2.45) is 22.6 Å². The number of benzene rings is 2. The quantitative estimate of drug-likeness (QED) is 0.0850. The number of rotatable bonds is 14. The van der Waals surface area contributed by atoms with Crippen molar-refractivity contribution >= 4 is 17.4 Å². The highest BCUT2D eigenvalue weighted by molar-refractivity contribution is 5.94. The van der Waals surface area contributed by atoms with Crippen molar-refractivity contribution in [3.8, 4) is 23.0 Å². The normalized spacial score (nSPS) is 12.6. The zero-order chi connectivity index (χ0) is 27.4. The third-order valence-electron chi connectivity index (χ3n) is 6.01. The van der Waals surface area contributed by atoms with Gasteiger partial charge in [-0.3, -0.25) is 9.79 Å². The van der Waals surface area contributed by atoms with E-state index in [0.29, 0.717) is 49.6 Å². The molecule has 0 bridgehead atoms. The summed E-state index contributed by atoms with van der Waals surface area (Å²) in [6, 6.07) is 8.74. The number of phenols is 2. The van der Waals surface area contributed by atoms with Gasteiger partial charge in [0.25, 0.3) is 0 Å². The summed E-state index contributed by atoms with van der Waals surface area (Å²) in [5.41, 5.74) is 8.08. The number of guanidine groups is 1. The maximum Gasteiger partial charge on any atom is 0.192 e. The number of nitrogens with one attached hydrogen (secondary N) is 2. The van der Waals surface area contributed by atoms with Gasteiger partial charge >= 0.3 is 0 Å². The van der Waals surface area contributed by atoms with Crippen LogP contribution in [0.1, 0.15) is 31.4 Å². The van der Waals surface area contributed by atoms with Crippen molar-refractivity contribution in [3.05, 3.63) is 53.6 Å². The fraction of sp³-hybridized carbons (Fsp3) is 0.429. The monoisotopic (exact) mass is 512 g/mol. The van der Waals surface area contributed by atoms with Crippen LogP contribution in [-0.2, 0) is 17.6 Å². The Bertz CT molecular complexity index is 1100. The summed E-state index contributed by atoms with van der Waals surface area (Å²) in [6.45, 7) is 5.22. The van der Waals surface area contributed by atoms with E-state index < -0.39 is 0 Å². The molecular weight excluding hydrogens is 472 g/mol. The molecule has 0 saturated carbocycles. The Hall–Kier alpha value is -3.72. The van der Waals surface area contributed by atoms with Gasteiger partial charge in [0.1, 0.15) is 6.61 Å². The van der Waals surface area contributed by atoms with Crippen LogP contribution in [0.15, 0.2) is 47.5 Å². The van der Waals surface area contributed by atoms with E-state index >= 15 is 0 Å². The van der Waals surface area contributed by atoms with Crippen molar-refractivity contribution in [2.75, 3.05) is 39.7 Å². The molecule has 0 spiro atoms. The molecule has 0 saturated heterocycles. The zero-order valence-corrected chi connectivity index (χ0v) is 22.4. The molecule has 0 unspecified atom stereocenters. The molecule has 9 nitrogen and oxygen atoms in total. The van der Waals surface area contributed by atoms with E-state index in [9.17, 15) is 15.0 Å². The van der Waals surface area contributed by atoms with Gasteiger partial charge in [0.2, 0.25) is 0 Å².